The van der Waals surface area contributed by atoms with Gasteiger partial charge < -0.3 is 15.0 Å². The second kappa shape index (κ2) is 8.16. The van der Waals surface area contributed by atoms with Crippen LogP contribution >= 0.6 is 11.3 Å². The van der Waals surface area contributed by atoms with Gasteiger partial charge in [-0.3, -0.25) is 9.59 Å². The molecule has 1 aliphatic rings. The summed E-state index contributed by atoms with van der Waals surface area (Å²) in [6.45, 7) is 1.13. The van der Waals surface area contributed by atoms with Crippen LogP contribution in [0.2, 0.25) is 0 Å². The Kier molecular flexibility index (Phi) is 5.71. The van der Waals surface area contributed by atoms with Crippen LogP contribution in [-0.2, 0) is 4.79 Å². The first kappa shape index (κ1) is 17.5. The van der Waals surface area contributed by atoms with Crippen molar-refractivity contribution in [3.05, 3.63) is 52.2 Å². The first-order valence-corrected chi connectivity index (χ1v) is 9.32. The minimum atomic E-state index is -0.115. The molecule has 1 N–H and O–H groups in total. The number of nitrogens with one attached hydrogen (secondary N) is 1. The van der Waals surface area contributed by atoms with Crippen LogP contribution in [0.15, 0.2) is 41.8 Å². The first-order valence-electron chi connectivity index (χ1n) is 8.44. The molecule has 1 unspecified atom stereocenters. The number of benzene rings is 1. The molecule has 3 rings (SSSR count). The summed E-state index contributed by atoms with van der Waals surface area (Å²) in [6.07, 6.45) is 2.30. The van der Waals surface area contributed by atoms with E-state index < -0.39 is 0 Å². The quantitative estimate of drug-likeness (QED) is 0.862. The van der Waals surface area contributed by atoms with Gasteiger partial charge in [0.15, 0.2) is 0 Å². The number of hydrogen-bond acceptors (Lipinski definition) is 4. The Morgan fingerprint density at radius 2 is 2.08 bits per heavy atom. The molecule has 2 heterocycles. The Balaban J connectivity index is 1.54. The summed E-state index contributed by atoms with van der Waals surface area (Å²) in [5.41, 5.74) is 1.13. The summed E-state index contributed by atoms with van der Waals surface area (Å²) in [6, 6.07) is 11.6. The fourth-order valence-corrected chi connectivity index (χ4v) is 3.80. The van der Waals surface area contributed by atoms with Crippen molar-refractivity contribution in [2.45, 2.75) is 25.3 Å². The SMILES string of the molecule is COc1ccc(C2CCCN2C(=O)CCNC(=O)c2cccs2)cc1. The van der Waals surface area contributed by atoms with Crippen LogP contribution < -0.4 is 10.1 Å². The molecule has 1 fully saturated rings. The van der Waals surface area contributed by atoms with Crippen molar-refractivity contribution >= 4 is 23.2 Å². The van der Waals surface area contributed by atoms with Gasteiger partial charge in [0.05, 0.1) is 18.0 Å². The highest BCUT2D eigenvalue weighted by atomic mass is 32.1. The number of thiophene rings is 1. The Morgan fingerprint density at radius 1 is 1.28 bits per heavy atom. The lowest BCUT2D eigenvalue weighted by molar-refractivity contribution is -0.132. The van der Waals surface area contributed by atoms with Crippen molar-refractivity contribution in [3.63, 3.8) is 0 Å². The highest BCUT2D eigenvalue weighted by Crippen LogP contribution is 2.33. The van der Waals surface area contributed by atoms with Gasteiger partial charge in [-0.1, -0.05) is 18.2 Å². The lowest BCUT2D eigenvalue weighted by Gasteiger charge is -2.25. The van der Waals surface area contributed by atoms with Crippen molar-refractivity contribution in [1.82, 2.24) is 10.2 Å². The third-order valence-corrected chi connectivity index (χ3v) is 5.31. The molecule has 0 radical (unpaired) electrons. The van der Waals surface area contributed by atoms with Gasteiger partial charge in [-0.15, -0.1) is 11.3 Å². The topological polar surface area (TPSA) is 58.6 Å². The molecule has 6 heteroatoms. The first-order chi connectivity index (χ1) is 12.2. The van der Waals surface area contributed by atoms with Crippen LogP contribution in [-0.4, -0.2) is 36.9 Å². The van der Waals surface area contributed by atoms with Crippen LogP contribution in [0.1, 0.15) is 40.5 Å². The predicted molar refractivity (Wildman–Crippen MR) is 98.0 cm³/mol. The van der Waals surface area contributed by atoms with Gasteiger partial charge in [-0.2, -0.15) is 0 Å². The van der Waals surface area contributed by atoms with Crippen LogP contribution in [0.5, 0.6) is 5.75 Å². The smallest absolute Gasteiger partial charge is 0.261 e. The summed E-state index contributed by atoms with van der Waals surface area (Å²) in [7, 11) is 1.64. The van der Waals surface area contributed by atoms with E-state index in [0.29, 0.717) is 17.8 Å². The predicted octanol–water partition coefficient (Wildman–Crippen LogP) is 3.24. The maximum absolute atomic E-state index is 12.6. The molecule has 0 aliphatic carbocycles. The Labute approximate surface area is 151 Å². The number of rotatable bonds is 6. The highest BCUT2D eigenvalue weighted by Gasteiger charge is 2.29. The van der Waals surface area contributed by atoms with Gasteiger partial charge in [0.25, 0.3) is 5.91 Å². The fraction of sp³-hybridized carbons (Fsp3) is 0.368. The minimum Gasteiger partial charge on any atom is -0.497 e. The second-order valence-electron chi connectivity index (χ2n) is 6.00. The van der Waals surface area contributed by atoms with Crippen molar-refractivity contribution in [1.29, 1.82) is 0 Å². The van der Waals surface area contributed by atoms with Gasteiger partial charge in [-0.25, -0.2) is 0 Å². The molecule has 0 spiro atoms. The minimum absolute atomic E-state index is 0.0878. The molecule has 1 saturated heterocycles. The lowest BCUT2D eigenvalue weighted by atomic mass is 10.0. The number of ether oxygens (including phenoxy) is 1. The average molecular weight is 358 g/mol. The van der Waals surface area contributed by atoms with Crippen molar-refractivity contribution in [3.8, 4) is 5.75 Å². The van der Waals surface area contributed by atoms with Crippen molar-refractivity contribution in [2.24, 2.45) is 0 Å². The molecule has 5 nitrogen and oxygen atoms in total. The van der Waals surface area contributed by atoms with Gasteiger partial charge in [0.1, 0.15) is 5.75 Å². The van der Waals surface area contributed by atoms with E-state index in [1.807, 2.05) is 40.6 Å². The number of carbonyl (C=O) groups is 2. The van der Waals surface area contributed by atoms with Gasteiger partial charge >= 0.3 is 0 Å². The van der Waals surface area contributed by atoms with Crippen molar-refractivity contribution in [2.75, 3.05) is 20.2 Å². The Hall–Kier alpha value is -2.34. The maximum atomic E-state index is 12.6. The molecule has 1 aromatic carbocycles. The van der Waals surface area contributed by atoms with Crippen LogP contribution in [0.3, 0.4) is 0 Å². The van der Waals surface area contributed by atoms with Gasteiger partial charge in [-0.05, 0) is 42.0 Å². The summed E-state index contributed by atoms with van der Waals surface area (Å²) < 4.78 is 5.19. The largest absolute Gasteiger partial charge is 0.497 e. The number of amides is 2. The van der Waals surface area contributed by atoms with E-state index in [1.54, 1.807) is 13.2 Å². The molecule has 1 aromatic heterocycles. The monoisotopic (exact) mass is 358 g/mol. The molecule has 0 bridgehead atoms. The lowest BCUT2D eigenvalue weighted by Crippen LogP contribution is -2.34. The van der Waals surface area contributed by atoms with Gasteiger partial charge in [0.2, 0.25) is 5.91 Å². The standard InChI is InChI=1S/C19H22N2O3S/c1-24-15-8-6-14(7-9-15)16-4-2-12-21(16)18(22)10-11-20-19(23)17-5-3-13-25-17/h3,5-9,13,16H,2,4,10-12H2,1H3,(H,20,23). The zero-order chi connectivity index (χ0) is 17.6. The van der Waals surface area contributed by atoms with E-state index >= 15 is 0 Å². The zero-order valence-electron chi connectivity index (χ0n) is 14.2. The molecule has 132 valence electrons. The summed E-state index contributed by atoms with van der Waals surface area (Å²) in [5, 5.41) is 4.68. The Bertz CT molecular complexity index is 713. The number of methoxy groups -OCH3 is 1. The Morgan fingerprint density at radius 3 is 2.76 bits per heavy atom. The summed E-state index contributed by atoms with van der Waals surface area (Å²) in [5.74, 6) is 0.789. The summed E-state index contributed by atoms with van der Waals surface area (Å²) >= 11 is 1.40. The molecular weight excluding hydrogens is 336 g/mol. The van der Waals surface area contributed by atoms with E-state index in [2.05, 4.69) is 5.32 Å². The van der Waals surface area contributed by atoms with Crippen LogP contribution in [0.25, 0.3) is 0 Å². The summed E-state index contributed by atoms with van der Waals surface area (Å²) in [4.78, 5) is 27.1. The van der Waals surface area contributed by atoms with E-state index in [-0.39, 0.29) is 17.9 Å². The molecule has 1 atom stereocenters. The van der Waals surface area contributed by atoms with E-state index in [0.717, 1.165) is 30.7 Å². The maximum Gasteiger partial charge on any atom is 0.261 e. The highest BCUT2D eigenvalue weighted by molar-refractivity contribution is 7.12. The third kappa shape index (κ3) is 4.20. The second-order valence-corrected chi connectivity index (χ2v) is 6.95. The molecule has 0 saturated carbocycles. The molecule has 2 aromatic rings. The molecule has 2 amide bonds. The van der Waals surface area contributed by atoms with Gasteiger partial charge in [0, 0.05) is 19.5 Å². The van der Waals surface area contributed by atoms with E-state index in [9.17, 15) is 9.59 Å². The molecule has 1 aliphatic heterocycles. The average Bonchev–Trinajstić information content (AvgIpc) is 3.33. The third-order valence-electron chi connectivity index (χ3n) is 4.44. The fourth-order valence-electron chi connectivity index (χ4n) is 3.16. The normalized spacial score (nSPS) is 16.7. The number of carbonyl (C=O) groups excluding carboxylic acids is 2. The number of hydrogen-bond donors (Lipinski definition) is 1. The number of likely N-dealkylation sites (tertiary alicyclic amines) is 1. The van der Waals surface area contributed by atoms with E-state index in [1.165, 1.54) is 11.3 Å². The molecular formula is C19H22N2O3S. The van der Waals surface area contributed by atoms with E-state index in [4.69, 9.17) is 4.74 Å². The molecule has 25 heavy (non-hydrogen) atoms. The van der Waals surface area contributed by atoms with Crippen molar-refractivity contribution < 1.29 is 14.3 Å². The van der Waals surface area contributed by atoms with Crippen LogP contribution in [0.4, 0.5) is 0 Å². The number of nitrogens with zero attached hydrogens (tertiary/aromatic N) is 1. The van der Waals surface area contributed by atoms with Crippen LogP contribution in [0, 0.1) is 0 Å². The zero-order valence-corrected chi connectivity index (χ0v) is 15.1.